The van der Waals surface area contributed by atoms with Gasteiger partial charge in [0.25, 0.3) is 0 Å². The summed E-state index contributed by atoms with van der Waals surface area (Å²) in [5, 5.41) is 3.25. The van der Waals surface area contributed by atoms with E-state index in [1.807, 2.05) is 30.3 Å². The van der Waals surface area contributed by atoms with Crippen LogP contribution in [0, 0.1) is 11.6 Å². The number of aromatic nitrogens is 2. The zero-order chi connectivity index (χ0) is 21.1. The Balaban J connectivity index is 1.69. The number of rotatable bonds is 6. The Morgan fingerprint density at radius 2 is 1.70 bits per heavy atom. The number of anilines is 2. The molecular weight excluding hydrogens is 456 g/mol. The van der Waals surface area contributed by atoms with Gasteiger partial charge in [-0.3, -0.25) is 0 Å². The first-order chi connectivity index (χ1) is 14.5. The number of fused-ring (bicyclic) bond motifs is 1. The van der Waals surface area contributed by atoms with E-state index in [1.54, 1.807) is 12.1 Å². The zero-order valence-corrected chi connectivity index (χ0v) is 17.4. The number of hydrogen-bond donors (Lipinski definition) is 1. The van der Waals surface area contributed by atoms with E-state index in [0.717, 1.165) is 5.56 Å². The molecule has 152 valence electrons. The molecule has 0 atom stereocenters. The summed E-state index contributed by atoms with van der Waals surface area (Å²) in [7, 11) is 1.52. The van der Waals surface area contributed by atoms with E-state index in [-0.39, 0.29) is 11.5 Å². The van der Waals surface area contributed by atoms with Crippen molar-refractivity contribution >= 4 is 38.3 Å². The summed E-state index contributed by atoms with van der Waals surface area (Å²) in [4.78, 5) is 8.39. The molecule has 0 bridgehead atoms. The van der Waals surface area contributed by atoms with Crippen molar-refractivity contribution < 1.29 is 18.3 Å². The maximum Gasteiger partial charge on any atom is 0.163 e. The Hall–Kier alpha value is -3.26. The van der Waals surface area contributed by atoms with Crippen molar-refractivity contribution in [1.29, 1.82) is 0 Å². The van der Waals surface area contributed by atoms with Crippen molar-refractivity contribution in [3.8, 4) is 11.5 Å². The van der Waals surface area contributed by atoms with Crippen LogP contribution in [0.25, 0.3) is 10.9 Å². The highest BCUT2D eigenvalue weighted by atomic mass is 79.9. The second kappa shape index (κ2) is 8.62. The lowest BCUT2D eigenvalue weighted by Gasteiger charge is -2.14. The molecule has 8 heteroatoms. The summed E-state index contributed by atoms with van der Waals surface area (Å²) < 4.78 is 40.1. The quantitative estimate of drug-likeness (QED) is 0.373. The van der Waals surface area contributed by atoms with E-state index < -0.39 is 11.6 Å². The van der Waals surface area contributed by atoms with Crippen LogP contribution in [-0.4, -0.2) is 17.1 Å². The first-order valence-electron chi connectivity index (χ1n) is 8.96. The fourth-order valence-corrected chi connectivity index (χ4v) is 3.35. The molecule has 0 aliphatic rings. The van der Waals surface area contributed by atoms with E-state index in [9.17, 15) is 8.78 Å². The highest BCUT2D eigenvalue weighted by molar-refractivity contribution is 9.10. The lowest BCUT2D eigenvalue weighted by atomic mass is 10.2. The first kappa shape index (κ1) is 20.0. The first-order valence-corrected chi connectivity index (χ1v) is 9.75. The summed E-state index contributed by atoms with van der Waals surface area (Å²) in [5.74, 6) is -0.299. The SMILES string of the molecule is COc1cc2c(Nc3c(F)cc(Br)cc3F)ncnc2cc1OCc1ccccc1. The van der Waals surface area contributed by atoms with E-state index in [0.29, 0.717) is 33.5 Å². The average molecular weight is 472 g/mol. The highest BCUT2D eigenvalue weighted by Crippen LogP contribution is 2.36. The van der Waals surface area contributed by atoms with Gasteiger partial charge in [0, 0.05) is 15.9 Å². The third-order valence-electron chi connectivity index (χ3n) is 4.41. The molecule has 0 spiro atoms. The van der Waals surface area contributed by atoms with Crippen molar-refractivity contribution in [1.82, 2.24) is 9.97 Å². The van der Waals surface area contributed by atoms with Gasteiger partial charge in [-0.05, 0) is 23.8 Å². The van der Waals surface area contributed by atoms with Gasteiger partial charge >= 0.3 is 0 Å². The zero-order valence-electron chi connectivity index (χ0n) is 15.8. The van der Waals surface area contributed by atoms with Crippen LogP contribution in [0.4, 0.5) is 20.3 Å². The smallest absolute Gasteiger partial charge is 0.163 e. The molecule has 4 rings (SSSR count). The molecule has 1 aromatic heterocycles. The molecule has 0 fully saturated rings. The van der Waals surface area contributed by atoms with Crippen LogP contribution < -0.4 is 14.8 Å². The predicted molar refractivity (Wildman–Crippen MR) is 114 cm³/mol. The summed E-state index contributed by atoms with van der Waals surface area (Å²) in [6, 6.07) is 15.4. The highest BCUT2D eigenvalue weighted by Gasteiger charge is 2.16. The molecule has 0 saturated carbocycles. The van der Waals surface area contributed by atoms with E-state index >= 15 is 0 Å². The van der Waals surface area contributed by atoms with Crippen LogP contribution in [0.1, 0.15) is 5.56 Å². The fourth-order valence-electron chi connectivity index (χ4n) is 2.95. The number of halogens is 3. The molecule has 0 radical (unpaired) electrons. The van der Waals surface area contributed by atoms with Crippen molar-refractivity contribution in [3.63, 3.8) is 0 Å². The van der Waals surface area contributed by atoms with Crippen LogP contribution in [0.15, 0.2) is 65.4 Å². The van der Waals surface area contributed by atoms with Gasteiger partial charge in [-0.2, -0.15) is 0 Å². The van der Waals surface area contributed by atoms with Gasteiger partial charge in [-0.25, -0.2) is 18.7 Å². The lowest BCUT2D eigenvalue weighted by Crippen LogP contribution is -2.02. The molecular formula is C22H16BrF2N3O2. The fraction of sp³-hybridized carbons (Fsp3) is 0.0909. The number of nitrogens with one attached hydrogen (secondary N) is 1. The summed E-state index contributed by atoms with van der Waals surface area (Å²) >= 11 is 3.07. The molecule has 1 N–H and O–H groups in total. The summed E-state index contributed by atoms with van der Waals surface area (Å²) in [6.07, 6.45) is 1.31. The van der Waals surface area contributed by atoms with Gasteiger partial charge in [0.05, 0.1) is 12.6 Å². The minimum Gasteiger partial charge on any atom is -0.493 e. The Labute approximate surface area is 179 Å². The topological polar surface area (TPSA) is 56.3 Å². The number of ether oxygens (including phenoxy) is 2. The molecule has 0 aliphatic heterocycles. The molecule has 0 amide bonds. The minimum atomic E-state index is -0.747. The summed E-state index contributed by atoms with van der Waals surface area (Å²) in [5.41, 5.74) is 1.24. The third-order valence-corrected chi connectivity index (χ3v) is 4.87. The monoisotopic (exact) mass is 471 g/mol. The van der Waals surface area contributed by atoms with Crippen molar-refractivity contribution in [2.75, 3.05) is 12.4 Å². The Morgan fingerprint density at radius 1 is 0.967 bits per heavy atom. The largest absolute Gasteiger partial charge is 0.493 e. The maximum atomic E-state index is 14.2. The van der Waals surface area contributed by atoms with Gasteiger partial charge in [0.2, 0.25) is 0 Å². The molecule has 3 aromatic carbocycles. The van der Waals surface area contributed by atoms with Crippen LogP contribution in [0.3, 0.4) is 0 Å². The average Bonchev–Trinajstić information content (AvgIpc) is 2.74. The Kier molecular flexibility index (Phi) is 5.76. The van der Waals surface area contributed by atoms with Crippen LogP contribution >= 0.6 is 15.9 Å². The van der Waals surface area contributed by atoms with Gasteiger partial charge in [-0.15, -0.1) is 0 Å². The van der Waals surface area contributed by atoms with E-state index in [1.165, 1.54) is 25.6 Å². The molecule has 0 unspecified atom stereocenters. The van der Waals surface area contributed by atoms with Crippen molar-refractivity contribution in [2.45, 2.75) is 6.61 Å². The lowest BCUT2D eigenvalue weighted by molar-refractivity contribution is 0.285. The number of benzene rings is 3. The molecule has 4 aromatic rings. The van der Waals surface area contributed by atoms with Gasteiger partial charge in [0.1, 0.15) is 24.4 Å². The van der Waals surface area contributed by atoms with Crippen molar-refractivity contribution in [2.24, 2.45) is 0 Å². The van der Waals surface area contributed by atoms with E-state index in [4.69, 9.17) is 9.47 Å². The normalized spacial score (nSPS) is 10.8. The molecule has 1 heterocycles. The Bertz CT molecular complexity index is 1180. The maximum absolute atomic E-state index is 14.2. The number of hydrogen-bond acceptors (Lipinski definition) is 5. The minimum absolute atomic E-state index is 0.244. The van der Waals surface area contributed by atoms with Crippen LogP contribution in [0.2, 0.25) is 0 Å². The van der Waals surface area contributed by atoms with Crippen LogP contribution in [-0.2, 0) is 6.61 Å². The predicted octanol–water partition coefficient (Wildman–Crippen LogP) is 6.00. The molecule has 0 saturated heterocycles. The summed E-state index contributed by atoms with van der Waals surface area (Å²) in [6.45, 7) is 0.355. The van der Waals surface area contributed by atoms with Crippen LogP contribution in [0.5, 0.6) is 11.5 Å². The second-order valence-corrected chi connectivity index (χ2v) is 7.30. The van der Waals surface area contributed by atoms with E-state index in [2.05, 4.69) is 31.2 Å². The van der Waals surface area contributed by atoms with Crippen molar-refractivity contribution in [3.05, 3.63) is 82.6 Å². The third kappa shape index (κ3) is 4.18. The standard InChI is InChI=1S/C22H16BrF2N3O2/c1-29-19-9-15-18(10-20(19)30-11-13-5-3-2-4-6-13)26-12-27-22(15)28-21-16(24)7-14(23)8-17(21)25/h2-10,12H,11H2,1H3,(H,26,27,28). The molecule has 5 nitrogen and oxygen atoms in total. The second-order valence-electron chi connectivity index (χ2n) is 6.39. The molecule has 30 heavy (non-hydrogen) atoms. The van der Waals surface area contributed by atoms with Gasteiger partial charge in [0.15, 0.2) is 23.1 Å². The number of nitrogens with zero attached hydrogens (tertiary/aromatic N) is 2. The molecule has 0 aliphatic carbocycles. The number of methoxy groups -OCH3 is 1. The van der Waals surface area contributed by atoms with Gasteiger partial charge < -0.3 is 14.8 Å². The van der Waals surface area contributed by atoms with Gasteiger partial charge in [-0.1, -0.05) is 46.3 Å². The Morgan fingerprint density at radius 3 is 2.40 bits per heavy atom.